The fraction of sp³-hybridized carbons (Fsp3) is 0.333. The number of aromatic hydroxyl groups is 3. The molecule has 0 fully saturated rings. The Kier molecular flexibility index (Phi) is 8.93. The summed E-state index contributed by atoms with van der Waals surface area (Å²) in [5.41, 5.74) is 5.65. The zero-order valence-electron chi connectivity index (χ0n) is 27.4. The molecular weight excluding hydrogens is 554 g/mol. The van der Waals surface area contributed by atoms with E-state index in [9.17, 15) is 29.7 Å². The Morgan fingerprint density at radius 3 is 1.86 bits per heavy atom. The lowest BCUT2D eigenvalue weighted by molar-refractivity contribution is -0.137. The molecule has 2 atom stereocenters. The standard InChI is InChI=1S/C27H36B7N3O7/c1-7(2)27(43)44-25-10(38)5-35-37-9(6-36(8(3)4)26(42)21(25)37)11(12-14(28)16(30)18(32)17(31)15(12)29)13-22(39)19(33)20(34)24(41)23(13)40/h5,7-9,11,39-41H,6,28-34H2,1-4H3/t9-,11?/m1/s1. The van der Waals surface area contributed by atoms with E-state index < -0.39 is 46.7 Å². The van der Waals surface area contributed by atoms with Crippen molar-refractivity contribution >= 4 is 105 Å². The van der Waals surface area contributed by atoms with Crippen LogP contribution in [0.1, 0.15) is 61.3 Å². The summed E-state index contributed by atoms with van der Waals surface area (Å²) in [5.74, 6) is -4.09. The maximum absolute atomic E-state index is 14.0. The Labute approximate surface area is 263 Å². The smallest absolute Gasteiger partial charge is 0.313 e. The number of aromatic nitrogens is 2. The molecule has 3 aromatic rings. The summed E-state index contributed by atoms with van der Waals surface area (Å²) in [6, 6.07) is -1.14. The lowest BCUT2D eigenvalue weighted by atomic mass is 9.57. The number of fused-ring (bicyclic) bond motifs is 1. The zero-order chi connectivity index (χ0) is 33.1. The summed E-state index contributed by atoms with van der Waals surface area (Å²) < 4.78 is 6.93. The molecule has 10 nitrogen and oxygen atoms in total. The number of esters is 1. The number of benzene rings is 2. The van der Waals surface area contributed by atoms with Gasteiger partial charge in [0.05, 0.1) is 18.2 Å². The van der Waals surface area contributed by atoms with Crippen LogP contribution in [0.3, 0.4) is 0 Å². The summed E-state index contributed by atoms with van der Waals surface area (Å²) in [6.07, 6.45) is 1.01. The molecule has 0 radical (unpaired) electrons. The number of hydrogen-bond acceptors (Lipinski definition) is 8. The van der Waals surface area contributed by atoms with Crippen molar-refractivity contribution in [3.05, 3.63) is 33.2 Å². The van der Waals surface area contributed by atoms with Gasteiger partial charge >= 0.3 is 5.97 Å². The number of carbonyl (C=O) groups excluding carboxylic acids is 2. The molecule has 0 spiro atoms. The molecule has 1 aromatic heterocycles. The molecule has 1 aliphatic heterocycles. The van der Waals surface area contributed by atoms with E-state index in [1.807, 2.05) is 53.1 Å². The Morgan fingerprint density at radius 1 is 0.818 bits per heavy atom. The third kappa shape index (κ3) is 5.14. The van der Waals surface area contributed by atoms with Gasteiger partial charge < -0.3 is 25.0 Å². The van der Waals surface area contributed by atoms with Gasteiger partial charge in [-0.2, -0.15) is 5.10 Å². The number of amides is 1. The summed E-state index contributed by atoms with van der Waals surface area (Å²) in [7, 11) is 13.3. The van der Waals surface area contributed by atoms with Gasteiger partial charge in [-0.15, -0.1) is 16.4 Å². The highest BCUT2D eigenvalue weighted by Gasteiger charge is 2.44. The molecule has 4 rings (SSSR count). The number of carbonyl (C=O) groups is 2. The predicted molar refractivity (Wildman–Crippen MR) is 191 cm³/mol. The molecule has 2 aromatic carbocycles. The van der Waals surface area contributed by atoms with E-state index in [1.54, 1.807) is 34.4 Å². The lowest BCUT2D eigenvalue weighted by Gasteiger charge is -2.42. The van der Waals surface area contributed by atoms with Gasteiger partial charge in [0.1, 0.15) is 60.7 Å². The fourth-order valence-corrected chi connectivity index (χ4v) is 6.20. The first kappa shape index (κ1) is 33.0. The molecule has 1 aliphatic rings. The molecule has 0 bridgehead atoms. The molecule has 2 heterocycles. The molecule has 44 heavy (non-hydrogen) atoms. The van der Waals surface area contributed by atoms with E-state index in [1.165, 1.54) is 4.68 Å². The van der Waals surface area contributed by atoms with Crippen molar-refractivity contribution in [1.29, 1.82) is 0 Å². The third-order valence-corrected chi connectivity index (χ3v) is 9.50. The molecule has 1 amide bonds. The van der Waals surface area contributed by atoms with Gasteiger partial charge in [-0.1, -0.05) is 35.8 Å². The molecule has 1 unspecified atom stereocenters. The Balaban J connectivity index is 2.21. The third-order valence-electron chi connectivity index (χ3n) is 9.50. The molecule has 0 aliphatic carbocycles. The number of ether oxygens (including phenoxy) is 1. The minimum atomic E-state index is -0.866. The summed E-state index contributed by atoms with van der Waals surface area (Å²) in [5, 5.41) is 38.7. The Hall–Kier alpha value is -3.89. The van der Waals surface area contributed by atoms with Gasteiger partial charge in [0, 0.05) is 24.1 Å². The SMILES string of the molecule is Bc1c(B)c(B)c(C(c2c(O)c(B)c(B)c(O)c2O)[C@H]2CN(C(C)C)C(=O)c3c(OC(=O)C(C)C)c(=O)cnn32)c(B)c1B. The lowest BCUT2D eigenvalue weighted by Crippen LogP contribution is -2.58. The van der Waals surface area contributed by atoms with Gasteiger partial charge in [-0.3, -0.25) is 19.1 Å². The van der Waals surface area contributed by atoms with E-state index in [0.717, 1.165) is 39.1 Å². The van der Waals surface area contributed by atoms with Crippen LogP contribution in [0, 0.1) is 5.92 Å². The second kappa shape index (κ2) is 11.9. The second-order valence-corrected chi connectivity index (χ2v) is 12.6. The Bertz CT molecular complexity index is 1650. The van der Waals surface area contributed by atoms with E-state index >= 15 is 0 Å². The normalized spacial score (nSPS) is 15.5. The highest BCUT2D eigenvalue weighted by molar-refractivity contribution is 6.67. The summed E-state index contributed by atoms with van der Waals surface area (Å²) >= 11 is 0. The van der Waals surface area contributed by atoms with E-state index in [2.05, 4.69) is 5.10 Å². The van der Waals surface area contributed by atoms with E-state index in [0.29, 0.717) is 10.9 Å². The van der Waals surface area contributed by atoms with E-state index in [4.69, 9.17) is 4.74 Å². The van der Waals surface area contributed by atoms with E-state index in [-0.39, 0.29) is 35.3 Å². The predicted octanol–water partition coefficient (Wildman–Crippen LogP) is -9.03. The van der Waals surface area contributed by atoms with Crippen LogP contribution in [0.15, 0.2) is 11.0 Å². The van der Waals surface area contributed by atoms with Crippen molar-refractivity contribution in [2.24, 2.45) is 5.92 Å². The molecule has 3 N–H and O–H groups in total. The van der Waals surface area contributed by atoms with Crippen molar-refractivity contribution in [3.8, 4) is 23.0 Å². The number of rotatable bonds is 6. The van der Waals surface area contributed by atoms with Crippen LogP contribution < -0.4 is 48.4 Å². The first-order valence-corrected chi connectivity index (χ1v) is 14.9. The second-order valence-electron chi connectivity index (χ2n) is 12.6. The minimum absolute atomic E-state index is 0.0784. The van der Waals surface area contributed by atoms with Crippen molar-refractivity contribution < 1.29 is 29.6 Å². The molecule has 222 valence electrons. The van der Waals surface area contributed by atoms with Crippen molar-refractivity contribution in [2.75, 3.05) is 6.54 Å². The van der Waals surface area contributed by atoms with Gasteiger partial charge in [0.25, 0.3) is 5.91 Å². The van der Waals surface area contributed by atoms with Crippen molar-refractivity contribution in [1.82, 2.24) is 14.7 Å². The number of nitrogens with zero attached hydrogens (tertiary/aromatic N) is 3. The monoisotopic (exact) mass is 591 g/mol. The number of phenols is 3. The van der Waals surface area contributed by atoms with Gasteiger partial charge in [0.15, 0.2) is 17.2 Å². The van der Waals surface area contributed by atoms with Crippen LogP contribution in [0.25, 0.3) is 0 Å². The zero-order valence-corrected chi connectivity index (χ0v) is 27.4. The average Bonchev–Trinajstić information content (AvgIpc) is 2.97. The highest BCUT2D eigenvalue weighted by Crippen LogP contribution is 2.46. The minimum Gasteiger partial charge on any atom is -0.508 e. The molecule has 17 heteroatoms. The maximum atomic E-state index is 14.0. The van der Waals surface area contributed by atoms with Gasteiger partial charge in [-0.05, 0) is 19.3 Å². The first-order valence-electron chi connectivity index (χ1n) is 14.9. The number of hydrogen-bond donors (Lipinski definition) is 3. The van der Waals surface area contributed by atoms with Crippen LogP contribution in [0.4, 0.5) is 0 Å². The Morgan fingerprint density at radius 2 is 1.34 bits per heavy atom. The molecular formula is C27H36B7N3O7. The first-order chi connectivity index (χ1) is 20.4. The van der Waals surface area contributed by atoms with Crippen LogP contribution in [0.2, 0.25) is 0 Å². The highest BCUT2D eigenvalue weighted by atomic mass is 16.5. The van der Waals surface area contributed by atoms with Gasteiger partial charge in [0.2, 0.25) is 11.2 Å². The van der Waals surface area contributed by atoms with Crippen LogP contribution in [-0.2, 0) is 4.79 Å². The molecule has 0 saturated carbocycles. The van der Waals surface area contributed by atoms with Crippen LogP contribution >= 0.6 is 0 Å². The fourth-order valence-electron chi connectivity index (χ4n) is 6.20. The molecule has 0 saturated heterocycles. The van der Waals surface area contributed by atoms with Crippen LogP contribution in [0.5, 0.6) is 23.0 Å². The van der Waals surface area contributed by atoms with Crippen molar-refractivity contribution in [3.63, 3.8) is 0 Å². The van der Waals surface area contributed by atoms with Gasteiger partial charge in [-0.25, -0.2) is 0 Å². The topological polar surface area (TPSA) is 142 Å². The number of phenolic OH excluding ortho intramolecular Hbond substituents is 3. The summed E-state index contributed by atoms with van der Waals surface area (Å²) in [4.78, 5) is 41.4. The largest absolute Gasteiger partial charge is 0.508 e. The van der Waals surface area contributed by atoms with Crippen molar-refractivity contribution in [2.45, 2.75) is 45.7 Å². The van der Waals surface area contributed by atoms with Crippen LogP contribution in [-0.4, -0.2) is 109 Å². The summed E-state index contributed by atoms with van der Waals surface area (Å²) in [6.45, 7) is 7.00. The average molecular weight is 590 g/mol. The quantitative estimate of drug-likeness (QED) is 0.111. The maximum Gasteiger partial charge on any atom is 0.313 e.